The summed E-state index contributed by atoms with van der Waals surface area (Å²) in [6.07, 6.45) is 1.81. The minimum absolute atomic E-state index is 0.160. The first-order chi connectivity index (χ1) is 13.8. The molecular weight excluding hydrogens is 390 g/mol. The van der Waals surface area contributed by atoms with Crippen molar-refractivity contribution in [3.05, 3.63) is 94.6 Å². The van der Waals surface area contributed by atoms with Gasteiger partial charge < -0.3 is 0 Å². The topological polar surface area (TPSA) is 0 Å². The average Bonchev–Trinajstić information content (AvgIpc) is 2.69. The van der Waals surface area contributed by atoms with Crippen LogP contribution in [0.2, 0.25) is 0 Å². The summed E-state index contributed by atoms with van der Waals surface area (Å²) >= 11 is 0. The van der Waals surface area contributed by atoms with Crippen LogP contribution in [0.15, 0.2) is 54.6 Å². The number of rotatable bonds is 5. The summed E-state index contributed by atoms with van der Waals surface area (Å²) in [7, 11) is 0. The summed E-state index contributed by atoms with van der Waals surface area (Å²) in [5.74, 6) is -8.82. The fraction of sp³-hybridized carbons (Fsp3) is 0.130. The third kappa shape index (κ3) is 4.36. The van der Waals surface area contributed by atoms with E-state index in [9.17, 15) is 26.3 Å². The smallest absolute Gasteiger partial charge is 0.172 e. The molecule has 0 spiro atoms. The summed E-state index contributed by atoms with van der Waals surface area (Å²) in [4.78, 5) is 0. The van der Waals surface area contributed by atoms with Crippen LogP contribution in [-0.2, 0) is 6.42 Å². The predicted octanol–water partition coefficient (Wildman–Crippen LogP) is 7.63. The Bertz CT molecular complexity index is 1040. The molecule has 0 aliphatic rings. The first kappa shape index (κ1) is 20.7. The Morgan fingerprint density at radius 1 is 0.655 bits per heavy atom. The average molecular weight is 406 g/mol. The van der Waals surface area contributed by atoms with Gasteiger partial charge in [0, 0.05) is 5.56 Å². The molecule has 0 nitrogen and oxygen atoms in total. The lowest BCUT2D eigenvalue weighted by atomic mass is 9.99. The molecule has 3 rings (SSSR count). The highest BCUT2D eigenvalue weighted by Gasteiger charge is 2.22. The van der Waals surface area contributed by atoms with Gasteiger partial charge in [0.25, 0.3) is 0 Å². The predicted molar refractivity (Wildman–Crippen MR) is 101 cm³/mol. The maximum atomic E-state index is 14.5. The Balaban J connectivity index is 2.01. The standard InChI is InChI=1S/C23H16F6/c1-2-3-13-4-6-14(7-5-13)16-11-19(26)21(20(27)12-16)23(29)22(28)15-8-9-17(24)18(25)10-15/h4-12H,2-3H2,1H3/b23-22+. The first-order valence-corrected chi connectivity index (χ1v) is 8.91. The quantitative estimate of drug-likeness (QED) is 0.302. The zero-order valence-electron chi connectivity index (χ0n) is 15.4. The Kier molecular flexibility index (Phi) is 6.11. The van der Waals surface area contributed by atoms with Crippen molar-refractivity contribution in [1.82, 2.24) is 0 Å². The van der Waals surface area contributed by atoms with Gasteiger partial charge in [-0.05, 0) is 53.4 Å². The zero-order chi connectivity index (χ0) is 21.1. The van der Waals surface area contributed by atoms with Crippen LogP contribution in [0, 0.1) is 23.3 Å². The van der Waals surface area contributed by atoms with Gasteiger partial charge in [-0.3, -0.25) is 0 Å². The second kappa shape index (κ2) is 8.55. The molecule has 3 aromatic rings. The second-order valence-electron chi connectivity index (χ2n) is 6.52. The van der Waals surface area contributed by atoms with E-state index in [0.29, 0.717) is 17.7 Å². The Hall–Kier alpha value is -3.02. The highest BCUT2D eigenvalue weighted by molar-refractivity contribution is 5.84. The first-order valence-electron chi connectivity index (χ1n) is 8.91. The maximum absolute atomic E-state index is 14.5. The fourth-order valence-corrected chi connectivity index (χ4v) is 2.97. The van der Waals surface area contributed by atoms with E-state index in [2.05, 4.69) is 0 Å². The molecule has 0 aliphatic heterocycles. The molecule has 0 amide bonds. The molecule has 0 atom stereocenters. The van der Waals surface area contributed by atoms with Crippen LogP contribution in [0.25, 0.3) is 22.8 Å². The number of halogens is 6. The lowest BCUT2D eigenvalue weighted by Crippen LogP contribution is -1.96. The molecule has 29 heavy (non-hydrogen) atoms. The van der Waals surface area contributed by atoms with Crippen LogP contribution in [0.5, 0.6) is 0 Å². The van der Waals surface area contributed by atoms with Crippen molar-refractivity contribution >= 4 is 11.7 Å². The highest BCUT2D eigenvalue weighted by atomic mass is 19.2. The zero-order valence-corrected chi connectivity index (χ0v) is 15.4. The number of hydrogen-bond donors (Lipinski definition) is 0. The van der Waals surface area contributed by atoms with E-state index in [4.69, 9.17) is 0 Å². The van der Waals surface area contributed by atoms with Crippen molar-refractivity contribution in [2.45, 2.75) is 19.8 Å². The van der Waals surface area contributed by atoms with Gasteiger partial charge in [0.1, 0.15) is 11.6 Å². The molecule has 0 N–H and O–H groups in total. The van der Waals surface area contributed by atoms with Gasteiger partial charge in [0.15, 0.2) is 23.3 Å². The van der Waals surface area contributed by atoms with Crippen molar-refractivity contribution in [3.63, 3.8) is 0 Å². The van der Waals surface area contributed by atoms with Gasteiger partial charge in [0.2, 0.25) is 0 Å². The third-order valence-electron chi connectivity index (χ3n) is 4.45. The molecule has 0 aromatic heterocycles. The molecule has 0 heterocycles. The number of aryl methyl sites for hydroxylation is 1. The van der Waals surface area contributed by atoms with E-state index < -0.39 is 46.0 Å². The SMILES string of the molecule is CCCc1ccc(-c2cc(F)c(/C(F)=C(\F)c3ccc(F)c(F)c3)c(F)c2)cc1. The largest absolute Gasteiger partial charge is 0.206 e. The van der Waals surface area contributed by atoms with Crippen LogP contribution in [0.3, 0.4) is 0 Å². The molecule has 0 fully saturated rings. The molecule has 0 bridgehead atoms. The van der Waals surface area contributed by atoms with Crippen LogP contribution in [0.1, 0.15) is 30.0 Å². The Labute approximate surface area is 164 Å². The van der Waals surface area contributed by atoms with Gasteiger partial charge in [0.05, 0.1) is 5.56 Å². The summed E-state index contributed by atoms with van der Waals surface area (Å²) in [5.41, 5.74) is -0.140. The minimum Gasteiger partial charge on any atom is -0.206 e. The molecule has 3 aromatic carbocycles. The lowest BCUT2D eigenvalue weighted by molar-refractivity contribution is 0.507. The van der Waals surface area contributed by atoms with Gasteiger partial charge in [-0.1, -0.05) is 37.6 Å². The van der Waals surface area contributed by atoms with E-state index in [0.717, 1.165) is 36.6 Å². The molecule has 0 radical (unpaired) electrons. The second-order valence-corrected chi connectivity index (χ2v) is 6.52. The van der Waals surface area contributed by atoms with Gasteiger partial charge in [-0.25, -0.2) is 26.3 Å². The Morgan fingerprint density at radius 3 is 1.83 bits per heavy atom. The molecule has 150 valence electrons. The summed E-state index contributed by atoms with van der Waals surface area (Å²) in [6, 6.07) is 10.6. The number of hydrogen-bond acceptors (Lipinski definition) is 0. The minimum atomic E-state index is -1.84. The number of benzene rings is 3. The molecule has 0 saturated carbocycles. The van der Waals surface area contributed by atoms with Crippen molar-refractivity contribution in [1.29, 1.82) is 0 Å². The van der Waals surface area contributed by atoms with E-state index in [1.54, 1.807) is 12.1 Å². The van der Waals surface area contributed by atoms with E-state index in [-0.39, 0.29) is 5.56 Å². The summed E-state index contributed by atoms with van der Waals surface area (Å²) < 4.78 is 83.9. The lowest BCUT2D eigenvalue weighted by Gasteiger charge is -2.09. The van der Waals surface area contributed by atoms with Crippen LogP contribution in [-0.4, -0.2) is 0 Å². The molecular formula is C23H16F6. The fourth-order valence-electron chi connectivity index (χ4n) is 2.97. The van der Waals surface area contributed by atoms with E-state index >= 15 is 0 Å². The van der Waals surface area contributed by atoms with Crippen molar-refractivity contribution in [2.75, 3.05) is 0 Å². The highest BCUT2D eigenvalue weighted by Crippen LogP contribution is 2.34. The van der Waals surface area contributed by atoms with Gasteiger partial charge in [-0.2, -0.15) is 0 Å². The van der Waals surface area contributed by atoms with Crippen molar-refractivity contribution < 1.29 is 26.3 Å². The molecule has 0 unspecified atom stereocenters. The van der Waals surface area contributed by atoms with Crippen LogP contribution in [0.4, 0.5) is 26.3 Å². The van der Waals surface area contributed by atoms with Gasteiger partial charge >= 0.3 is 0 Å². The van der Waals surface area contributed by atoms with Crippen LogP contribution < -0.4 is 0 Å². The monoisotopic (exact) mass is 406 g/mol. The third-order valence-corrected chi connectivity index (χ3v) is 4.45. The molecule has 0 saturated heterocycles. The van der Waals surface area contributed by atoms with Crippen molar-refractivity contribution in [2.24, 2.45) is 0 Å². The molecule has 6 heteroatoms. The summed E-state index contributed by atoms with van der Waals surface area (Å²) in [6.45, 7) is 2.03. The maximum Gasteiger partial charge on any atom is 0.172 e. The summed E-state index contributed by atoms with van der Waals surface area (Å²) in [5, 5.41) is 0. The van der Waals surface area contributed by atoms with Crippen LogP contribution >= 0.6 is 0 Å². The van der Waals surface area contributed by atoms with Gasteiger partial charge in [-0.15, -0.1) is 0 Å². The Morgan fingerprint density at radius 2 is 1.28 bits per heavy atom. The molecule has 0 aliphatic carbocycles. The van der Waals surface area contributed by atoms with E-state index in [1.807, 2.05) is 19.1 Å². The van der Waals surface area contributed by atoms with Crippen molar-refractivity contribution in [3.8, 4) is 11.1 Å². The normalized spacial score (nSPS) is 12.1. The van der Waals surface area contributed by atoms with E-state index in [1.165, 1.54) is 0 Å².